The predicted octanol–water partition coefficient (Wildman–Crippen LogP) is 5.71. The minimum Gasteiger partial charge on any atom is -0.353 e. The first-order valence-corrected chi connectivity index (χ1v) is 9.20. The van der Waals surface area contributed by atoms with Crippen molar-refractivity contribution in [1.29, 1.82) is 0 Å². The standard InChI is InChI=1S/C20H23ClN2S/c1-14-7-3-4-8-17(14)20(11-5-6-12-20)23-19(24)22-16-10-9-15(2)18(21)13-16/h3-4,7-10,13H,5-6,11-12H2,1-2H3,(H2,22,23,24). The second kappa shape index (κ2) is 7.12. The monoisotopic (exact) mass is 358 g/mol. The molecule has 0 aromatic heterocycles. The molecule has 0 aliphatic heterocycles. The van der Waals surface area contributed by atoms with Crippen molar-refractivity contribution in [3.63, 3.8) is 0 Å². The number of hydrogen-bond donors (Lipinski definition) is 2. The van der Waals surface area contributed by atoms with E-state index in [4.69, 9.17) is 23.8 Å². The van der Waals surface area contributed by atoms with Gasteiger partial charge in [0.05, 0.1) is 5.54 Å². The minimum atomic E-state index is -0.0656. The Morgan fingerprint density at radius 1 is 1.04 bits per heavy atom. The van der Waals surface area contributed by atoms with E-state index in [1.807, 2.05) is 25.1 Å². The lowest BCUT2D eigenvalue weighted by Gasteiger charge is -2.34. The molecule has 1 aliphatic carbocycles. The number of thiocarbonyl (C=S) groups is 1. The quantitative estimate of drug-likeness (QED) is 0.687. The summed E-state index contributed by atoms with van der Waals surface area (Å²) in [4.78, 5) is 0. The fourth-order valence-corrected chi connectivity index (χ4v) is 4.09. The summed E-state index contributed by atoms with van der Waals surface area (Å²) in [5.41, 5.74) is 4.58. The van der Waals surface area contributed by atoms with Crippen LogP contribution in [0.1, 0.15) is 42.4 Å². The van der Waals surface area contributed by atoms with Crippen LogP contribution in [0.3, 0.4) is 0 Å². The molecule has 2 aromatic rings. The van der Waals surface area contributed by atoms with E-state index in [1.54, 1.807) is 0 Å². The summed E-state index contributed by atoms with van der Waals surface area (Å²) in [5, 5.41) is 8.30. The van der Waals surface area contributed by atoms with E-state index >= 15 is 0 Å². The second-order valence-corrected chi connectivity index (χ2v) is 7.46. The summed E-state index contributed by atoms with van der Waals surface area (Å²) in [6.45, 7) is 4.17. The third kappa shape index (κ3) is 3.57. The lowest BCUT2D eigenvalue weighted by molar-refractivity contribution is 0.406. The van der Waals surface area contributed by atoms with Crippen LogP contribution in [0, 0.1) is 13.8 Å². The summed E-state index contributed by atoms with van der Waals surface area (Å²) >= 11 is 11.8. The maximum Gasteiger partial charge on any atom is 0.171 e. The average Bonchev–Trinajstić information content (AvgIpc) is 3.00. The molecule has 0 spiro atoms. The van der Waals surface area contributed by atoms with Gasteiger partial charge in [-0.1, -0.05) is 54.8 Å². The zero-order valence-electron chi connectivity index (χ0n) is 14.2. The van der Waals surface area contributed by atoms with Crippen LogP contribution >= 0.6 is 23.8 Å². The first kappa shape index (κ1) is 17.2. The Hall–Kier alpha value is -1.58. The van der Waals surface area contributed by atoms with Crippen molar-refractivity contribution >= 4 is 34.6 Å². The lowest BCUT2D eigenvalue weighted by atomic mass is 9.85. The molecule has 0 amide bonds. The first-order chi connectivity index (χ1) is 11.5. The molecule has 1 aliphatic rings. The summed E-state index contributed by atoms with van der Waals surface area (Å²) in [5.74, 6) is 0. The van der Waals surface area contributed by atoms with E-state index in [9.17, 15) is 0 Å². The summed E-state index contributed by atoms with van der Waals surface area (Å²) < 4.78 is 0. The van der Waals surface area contributed by atoms with Crippen molar-refractivity contribution in [2.24, 2.45) is 0 Å². The molecule has 2 aromatic carbocycles. The van der Waals surface area contributed by atoms with Gasteiger partial charge in [0.2, 0.25) is 0 Å². The van der Waals surface area contributed by atoms with Crippen molar-refractivity contribution in [3.8, 4) is 0 Å². The number of nitrogens with one attached hydrogen (secondary N) is 2. The van der Waals surface area contributed by atoms with Gasteiger partial charge in [-0.15, -0.1) is 0 Å². The third-order valence-electron chi connectivity index (χ3n) is 4.90. The van der Waals surface area contributed by atoms with E-state index in [-0.39, 0.29) is 5.54 Å². The third-order valence-corrected chi connectivity index (χ3v) is 5.51. The van der Waals surface area contributed by atoms with E-state index in [0.29, 0.717) is 5.11 Å². The van der Waals surface area contributed by atoms with Gasteiger partial charge in [-0.25, -0.2) is 0 Å². The Kier molecular flexibility index (Phi) is 5.12. The van der Waals surface area contributed by atoms with E-state index in [2.05, 4.69) is 41.8 Å². The molecule has 0 saturated heterocycles. The normalized spacial score (nSPS) is 16.0. The van der Waals surface area contributed by atoms with Crippen LogP contribution in [0.15, 0.2) is 42.5 Å². The smallest absolute Gasteiger partial charge is 0.171 e. The van der Waals surface area contributed by atoms with Gasteiger partial charge in [-0.2, -0.15) is 0 Å². The molecule has 0 atom stereocenters. The van der Waals surface area contributed by atoms with Gasteiger partial charge in [-0.05, 0) is 67.7 Å². The summed E-state index contributed by atoms with van der Waals surface area (Å²) in [6.07, 6.45) is 4.66. The van der Waals surface area contributed by atoms with Crippen LogP contribution in [-0.4, -0.2) is 5.11 Å². The Morgan fingerprint density at radius 2 is 1.75 bits per heavy atom. The van der Waals surface area contributed by atoms with Crippen LogP contribution in [-0.2, 0) is 5.54 Å². The van der Waals surface area contributed by atoms with E-state index < -0.39 is 0 Å². The van der Waals surface area contributed by atoms with Gasteiger partial charge >= 0.3 is 0 Å². The van der Waals surface area contributed by atoms with Crippen molar-refractivity contribution in [1.82, 2.24) is 5.32 Å². The zero-order chi connectivity index (χ0) is 17.2. The zero-order valence-corrected chi connectivity index (χ0v) is 15.7. The molecule has 1 fully saturated rings. The molecule has 0 radical (unpaired) electrons. The number of hydrogen-bond acceptors (Lipinski definition) is 1. The predicted molar refractivity (Wildman–Crippen MR) is 107 cm³/mol. The topological polar surface area (TPSA) is 24.1 Å². The molecule has 24 heavy (non-hydrogen) atoms. The van der Waals surface area contributed by atoms with Gasteiger partial charge < -0.3 is 10.6 Å². The highest BCUT2D eigenvalue weighted by Crippen LogP contribution is 2.40. The molecule has 0 bridgehead atoms. The molecule has 2 nitrogen and oxygen atoms in total. The first-order valence-electron chi connectivity index (χ1n) is 8.42. The largest absolute Gasteiger partial charge is 0.353 e. The van der Waals surface area contributed by atoms with Crippen molar-refractivity contribution < 1.29 is 0 Å². The Labute approximate surface area is 154 Å². The Balaban J connectivity index is 1.80. The van der Waals surface area contributed by atoms with E-state index in [1.165, 1.54) is 24.0 Å². The number of halogens is 1. The van der Waals surface area contributed by atoms with Gasteiger partial charge in [0, 0.05) is 10.7 Å². The van der Waals surface area contributed by atoms with Crippen LogP contribution < -0.4 is 10.6 Å². The lowest BCUT2D eigenvalue weighted by Crippen LogP contribution is -2.46. The fourth-order valence-electron chi connectivity index (χ4n) is 3.60. The molecule has 4 heteroatoms. The summed E-state index contributed by atoms with van der Waals surface area (Å²) in [6, 6.07) is 14.5. The number of benzene rings is 2. The number of anilines is 1. The van der Waals surface area contributed by atoms with Crippen LogP contribution in [0.25, 0.3) is 0 Å². The molecular weight excluding hydrogens is 336 g/mol. The number of rotatable bonds is 3. The molecule has 126 valence electrons. The maximum atomic E-state index is 6.21. The molecule has 0 unspecified atom stereocenters. The second-order valence-electron chi connectivity index (χ2n) is 6.65. The average molecular weight is 359 g/mol. The van der Waals surface area contributed by atoms with E-state index in [0.717, 1.165) is 29.1 Å². The summed E-state index contributed by atoms with van der Waals surface area (Å²) in [7, 11) is 0. The molecule has 2 N–H and O–H groups in total. The molecule has 1 saturated carbocycles. The van der Waals surface area contributed by atoms with Gasteiger partial charge in [0.1, 0.15) is 0 Å². The van der Waals surface area contributed by atoms with Crippen molar-refractivity contribution in [3.05, 3.63) is 64.2 Å². The van der Waals surface area contributed by atoms with Crippen LogP contribution in [0.4, 0.5) is 5.69 Å². The molecule has 3 rings (SSSR count). The van der Waals surface area contributed by atoms with Crippen molar-refractivity contribution in [2.45, 2.75) is 45.1 Å². The van der Waals surface area contributed by atoms with Crippen LogP contribution in [0.5, 0.6) is 0 Å². The highest BCUT2D eigenvalue weighted by Gasteiger charge is 2.37. The Morgan fingerprint density at radius 3 is 2.42 bits per heavy atom. The molecular formula is C20H23ClN2S. The SMILES string of the molecule is Cc1ccc(NC(=S)NC2(c3ccccc3C)CCCC2)cc1Cl. The fraction of sp³-hybridized carbons (Fsp3) is 0.350. The highest BCUT2D eigenvalue weighted by molar-refractivity contribution is 7.80. The van der Waals surface area contributed by atoms with Gasteiger partial charge in [-0.3, -0.25) is 0 Å². The highest BCUT2D eigenvalue weighted by atomic mass is 35.5. The van der Waals surface area contributed by atoms with Crippen molar-refractivity contribution in [2.75, 3.05) is 5.32 Å². The Bertz CT molecular complexity index is 751. The van der Waals surface area contributed by atoms with Gasteiger partial charge in [0.25, 0.3) is 0 Å². The van der Waals surface area contributed by atoms with Gasteiger partial charge in [0.15, 0.2) is 5.11 Å². The minimum absolute atomic E-state index is 0.0656. The number of aryl methyl sites for hydroxylation is 2. The van der Waals surface area contributed by atoms with Crippen LogP contribution in [0.2, 0.25) is 5.02 Å². The molecule has 0 heterocycles. The maximum absolute atomic E-state index is 6.21.